The lowest BCUT2D eigenvalue weighted by molar-refractivity contribution is -0.137. The minimum absolute atomic E-state index is 0.0467. The number of anilines is 1. The highest BCUT2D eigenvalue weighted by atomic mass is 16.5. The molecule has 0 amide bonds. The Hall–Kier alpha value is -4.12. The molecule has 0 saturated heterocycles. The quantitative estimate of drug-likeness (QED) is 0.311. The number of esters is 1. The Labute approximate surface area is 187 Å². The molecule has 160 valence electrons. The fraction of sp³-hybridized carbons (Fsp3) is 0.111. The molecule has 5 nitrogen and oxygen atoms in total. The van der Waals surface area contributed by atoms with Crippen molar-refractivity contribution in [2.75, 3.05) is 12.0 Å². The maximum Gasteiger partial charge on any atom is 0.343 e. The molecule has 3 aromatic rings. The maximum atomic E-state index is 13.1. The van der Waals surface area contributed by atoms with E-state index in [-0.39, 0.29) is 11.4 Å². The molecule has 0 atom stereocenters. The van der Waals surface area contributed by atoms with Crippen LogP contribution in [0.2, 0.25) is 0 Å². The lowest BCUT2D eigenvalue weighted by Crippen LogP contribution is -2.18. The monoisotopic (exact) mass is 425 g/mol. The molecule has 0 bridgehead atoms. The van der Waals surface area contributed by atoms with E-state index in [1.165, 1.54) is 7.11 Å². The van der Waals surface area contributed by atoms with E-state index in [4.69, 9.17) is 9.47 Å². The number of nitrogens with zero attached hydrogens (tertiary/aromatic N) is 1. The maximum absolute atomic E-state index is 13.1. The van der Waals surface area contributed by atoms with Crippen LogP contribution in [0, 0.1) is 0 Å². The molecule has 0 aromatic heterocycles. The fourth-order valence-corrected chi connectivity index (χ4v) is 3.63. The Kier molecular flexibility index (Phi) is 6.17. The van der Waals surface area contributed by atoms with Gasteiger partial charge in [0, 0.05) is 11.4 Å². The van der Waals surface area contributed by atoms with E-state index < -0.39 is 5.97 Å². The SMILES string of the molecule is COC(=O)C1=C(C)N(c2ccccc2)/C(=C\c2ccc(OCc3ccccc3)cc2)C1=O. The lowest BCUT2D eigenvalue weighted by Gasteiger charge is -2.21. The molecular formula is C27H23NO4. The molecule has 0 spiro atoms. The van der Waals surface area contributed by atoms with Crippen LogP contribution in [0.3, 0.4) is 0 Å². The number of ether oxygens (including phenoxy) is 2. The minimum Gasteiger partial charge on any atom is -0.489 e. The number of carbonyl (C=O) groups excluding carboxylic acids is 2. The van der Waals surface area contributed by atoms with E-state index in [9.17, 15) is 9.59 Å². The first-order valence-corrected chi connectivity index (χ1v) is 10.3. The topological polar surface area (TPSA) is 55.8 Å². The van der Waals surface area contributed by atoms with Gasteiger partial charge in [0.15, 0.2) is 0 Å². The van der Waals surface area contributed by atoms with Crippen LogP contribution in [0.1, 0.15) is 18.1 Å². The Morgan fingerprint density at radius 1 is 0.906 bits per heavy atom. The Morgan fingerprint density at radius 2 is 1.53 bits per heavy atom. The number of methoxy groups -OCH3 is 1. The van der Waals surface area contributed by atoms with Crippen molar-refractivity contribution in [3.8, 4) is 5.75 Å². The van der Waals surface area contributed by atoms with Gasteiger partial charge in [-0.05, 0) is 48.4 Å². The first kappa shape index (κ1) is 21.1. The number of allylic oxidation sites excluding steroid dienone is 2. The van der Waals surface area contributed by atoms with Crippen molar-refractivity contribution >= 4 is 23.5 Å². The molecule has 0 radical (unpaired) electrons. The van der Waals surface area contributed by atoms with E-state index in [1.54, 1.807) is 17.9 Å². The Bertz CT molecular complexity index is 1180. The highest BCUT2D eigenvalue weighted by molar-refractivity contribution is 6.30. The van der Waals surface area contributed by atoms with Gasteiger partial charge in [-0.2, -0.15) is 0 Å². The predicted octanol–water partition coefficient (Wildman–Crippen LogP) is 5.14. The number of hydrogen-bond acceptors (Lipinski definition) is 5. The summed E-state index contributed by atoms with van der Waals surface area (Å²) in [6.45, 7) is 2.23. The van der Waals surface area contributed by atoms with Crippen molar-refractivity contribution in [2.24, 2.45) is 0 Å². The molecule has 5 heteroatoms. The summed E-state index contributed by atoms with van der Waals surface area (Å²) in [4.78, 5) is 27.2. The van der Waals surface area contributed by atoms with Crippen molar-refractivity contribution in [3.63, 3.8) is 0 Å². The van der Waals surface area contributed by atoms with Crippen LogP contribution in [-0.4, -0.2) is 18.9 Å². The third-order valence-corrected chi connectivity index (χ3v) is 5.23. The van der Waals surface area contributed by atoms with E-state index in [0.717, 1.165) is 22.6 Å². The van der Waals surface area contributed by atoms with Gasteiger partial charge in [-0.3, -0.25) is 4.79 Å². The van der Waals surface area contributed by atoms with E-state index >= 15 is 0 Å². The van der Waals surface area contributed by atoms with Gasteiger partial charge in [-0.15, -0.1) is 0 Å². The minimum atomic E-state index is -0.638. The molecule has 0 aliphatic carbocycles. The summed E-state index contributed by atoms with van der Waals surface area (Å²) in [6, 6.07) is 26.9. The molecule has 32 heavy (non-hydrogen) atoms. The lowest BCUT2D eigenvalue weighted by atomic mass is 10.1. The van der Waals surface area contributed by atoms with Gasteiger partial charge in [0.1, 0.15) is 17.9 Å². The highest BCUT2D eigenvalue weighted by Gasteiger charge is 2.38. The molecular weight excluding hydrogens is 402 g/mol. The van der Waals surface area contributed by atoms with Gasteiger partial charge in [0.05, 0.1) is 12.8 Å². The van der Waals surface area contributed by atoms with Crippen molar-refractivity contribution in [2.45, 2.75) is 13.5 Å². The normalized spacial score (nSPS) is 14.8. The van der Waals surface area contributed by atoms with Crippen LogP contribution < -0.4 is 9.64 Å². The zero-order valence-corrected chi connectivity index (χ0v) is 17.9. The second-order valence-corrected chi connectivity index (χ2v) is 7.32. The second kappa shape index (κ2) is 9.35. The molecule has 0 unspecified atom stereocenters. The molecule has 0 fully saturated rings. The summed E-state index contributed by atoms with van der Waals surface area (Å²) < 4.78 is 10.7. The first-order valence-electron chi connectivity index (χ1n) is 10.3. The zero-order chi connectivity index (χ0) is 22.5. The zero-order valence-electron chi connectivity index (χ0n) is 17.9. The largest absolute Gasteiger partial charge is 0.489 e. The molecule has 0 N–H and O–H groups in total. The van der Waals surface area contributed by atoms with Crippen molar-refractivity contribution in [1.29, 1.82) is 0 Å². The standard InChI is InChI=1S/C27H23NO4/c1-19-25(27(30)31-2)26(29)24(28(19)22-11-7-4-8-12-22)17-20-13-15-23(16-14-20)32-18-21-9-5-3-6-10-21/h3-17H,18H2,1-2H3/b24-17-. The van der Waals surface area contributed by atoms with Crippen molar-refractivity contribution in [1.82, 2.24) is 0 Å². The smallest absolute Gasteiger partial charge is 0.343 e. The number of ketones is 1. The summed E-state index contributed by atoms with van der Waals surface area (Å²) >= 11 is 0. The molecule has 1 aliphatic rings. The van der Waals surface area contributed by atoms with E-state index in [2.05, 4.69) is 0 Å². The van der Waals surface area contributed by atoms with Crippen LogP contribution in [-0.2, 0) is 20.9 Å². The molecule has 0 saturated carbocycles. The van der Waals surface area contributed by atoms with Gasteiger partial charge in [-0.25, -0.2) is 4.79 Å². The van der Waals surface area contributed by atoms with Gasteiger partial charge in [-0.1, -0.05) is 60.7 Å². The summed E-state index contributed by atoms with van der Waals surface area (Å²) in [6.07, 6.45) is 1.77. The number of para-hydroxylation sites is 1. The average Bonchev–Trinajstić information content (AvgIpc) is 3.08. The van der Waals surface area contributed by atoms with E-state index in [0.29, 0.717) is 18.0 Å². The Morgan fingerprint density at radius 3 is 2.16 bits per heavy atom. The van der Waals surface area contributed by atoms with Crippen LogP contribution >= 0.6 is 0 Å². The van der Waals surface area contributed by atoms with Crippen LogP contribution in [0.4, 0.5) is 5.69 Å². The highest BCUT2D eigenvalue weighted by Crippen LogP contribution is 2.35. The van der Waals surface area contributed by atoms with Gasteiger partial charge in [0.25, 0.3) is 0 Å². The third-order valence-electron chi connectivity index (χ3n) is 5.23. The van der Waals surface area contributed by atoms with Gasteiger partial charge in [0.2, 0.25) is 5.78 Å². The van der Waals surface area contributed by atoms with E-state index in [1.807, 2.05) is 84.9 Å². The van der Waals surface area contributed by atoms with Crippen molar-refractivity contribution in [3.05, 3.63) is 113 Å². The number of benzene rings is 3. The molecule has 4 rings (SSSR count). The van der Waals surface area contributed by atoms with Crippen LogP contribution in [0.25, 0.3) is 6.08 Å². The van der Waals surface area contributed by atoms with Crippen LogP contribution in [0.5, 0.6) is 5.75 Å². The van der Waals surface area contributed by atoms with Gasteiger partial charge < -0.3 is 14.4 Å². The number of carbonyl (C=O) groups is 2. The fourth-order valence-electron chi connectivity index (χ4n) is 3.63. The first-order chi connectivity index (χ1) is 15.6. The van der Waals surface area contributed by atoms with Crippen LogP contribution in [0.15, 0.2) is 102 Å². The summed E-state index contributed by atoms with van der Waals surface area (Å²) in [5.74, 6) is -0.262. The molecule has 1 heterocycles. The van der Waals surface area contributed by atoms with Crippen molar-refractivity contribution < 1.29 is 19.1 Å². The summed E-state index contributed by atoms with van der Waals surface area (Å²) in [5, 5.41) is 0. The average molecular weight is 425 g/mol. The molecule has 3 aromatic carbocycles. The number of hydrogen-bond donors (Lipinski definition) is 0. The summed E-state index contributed by atoms with van der Waals surface area (Å²) in [5.41, 5.74) is 3.69. The number of rotatable bonds is 6. The summed E-state index contributed by atoms with van der Waals surface area (Å²) in [7, 11) is 1.28. The number of Topliss-reactive ketones (excluding diaryl/α,β-unsaturated/α-hetero) is 1. The molecule has 1 aliphatic heterocycles. The third kappa shape index (κ3) is 4.32. The van der Waals surface area contributed by atoms with Gasteiger partial charge >= 0.3 is 5.97 Å². The Balaban J connectivity index is 1.61. The predicted molar refractivity (Wildman–Crippen MR) is 124 cm³/mol. The second-order valence-electron chi connectivity index (χ2n) is 7.32.